The Balaban J connectivity index is 2.67. The number of rotatable bonds is 7. The fraction of sp³-hybridized carbons (Fsp3) is 0.417. The predicted octanol–water partition coefficient (Wildman–Crippen LogP) is 1.98. The first-order chi connectivity index (χ1) is 8.61. The molecular formula is C12H16N2O2S2. The molecule has 0 saturated carbocycles. The minimum atomic E-state index is -3.57. The number of hydrogen-bond acceptors (Lipinski definition) is 4. The monoisotopic (exact) mass is 284 g/mol. The van der Waals surface area contributed by atoms with Gasteiger partial charge < -0.3 is 0 Å². The van der Waals surface area contributed by atoms with Gasteiger partial charge >= 0.3 is 0 Å². The molecule has 0 unspecified atom stereocenters. The minimum Gasteiger partial charge on any atom is -0.211 e. The lowest BCUT2D eigenvalue weighted by atomic mass is 10.2. The molecular weight excluding hydrogens is 268 g/mol. The van der Waals surface area contributed by atoms with E-state index in [9.17, 15) is 8.42 Å². The smallest absolute Gasteiger partial charge is 0.211 e. The molecule has 0 aliphatic carbocycles. The van der Waals surface area contributed by atoms with Crippen molar-refractivity contribution >= 4 is 21.8 Å². The molecule has 4 nitrogen and oxygen atoms in total. The van der Waals surface area contributed by atoms with Gasteiger partial charge in [0.25, 0.3) is 0 Å². The summed E-state index contributed by atoms with van der Waals surface area (Å²) in [5.74, 6) is 1.96. The van der Waals surface area contributed by atoms with Crippen LogP contribution in [0.15, 0.2) is 29.2 Å². The average Bonchev–Trinajstić information content (AvgIpc) is 2.38. The Hall–Kier alpha value is -1.03. The van der Waals surface area contributed by atoms with Gasteiger partial charge in [-0.15, -0.1) is 0 Å². The normalized spacial score (nSPS) is 11.1. The number of sulfonamides is 1. The molecule has 98 valence electrons. The van der Waals surface area contributed by atoms with Crippen LogP contribution in [0.2, 0.25) is 0 Å². The molecule has 0 radical (unpaired) electrons. The second kappa shape index (κ2) is 7.41. The van der Waals surface area contributed by atoms with Crippen molar-refractivity contribution in [2.45, 2.75) is 18.2 Å². The van der Waals surface area contributed by atoms with Gasteiger partial charge in [-0.3, -0.25) is 0 Å². The van der Waals surface area contributed by atoms with Crippen molar-refractivity contribution in [2.24, 2.45) is 0 Å². The Labute approximate surface area is 112 Å². The third-order valence-electron chi connectivity index (χ3n) is 2.26. The van der Waals surface area contributed by atoms with Crippen LogP contribution >= 0.6 is 11.8 Å². The van der Waals surface area contributed by atoms with E-state index in [1.165, 1.54) is 12.1 Å². The van der Waals surface area contributed by atoms with Crippen molar-refractivity contribution in [3.63, 3.8) is 0 Å². The van der Waals surface area contributed by atoms with Crippen LogP contribution in [0.3, 0.4) is 0 Å². The van der Waals surface area contributed by atoms with Crippen molar-refractivity contribution in [1.82, 2.24) is 4.72 Å². The number of nitrogens with zero attached hydrogens (tertiary/aromatic N) is 1. The van der Waals surface area contributed by atoms with Crippen molar-refractivity contribution in [3.8, 4) is 6.07 Å². The molecule has 0 fully saturated rings. The Morgan fingerprint density at radius 2 is 2.11 bits per heavy atom. The van der Waals surface area contributed by atoms with E-state index in [1.54, 1.807) is 23.9 Å². The van der Waals surface area contributed by atoms with Crippen LogP contribution < -0.4 is 4.72 Å². The van der Waals surface area contributed by atoms with Gasteiger partial charge in [0.2, 0.25) is 10.0 Å². The topological polar surface area (TPSA) is 70.0 Å². The van der Waals surface area contributed by atoms with Crippen LogP contribution in [-0.4, -0.2) is 26.5 Å². The molecule has 18 heavy (non-hydrogen) atoms. The van der Waals surface area contributed by atoms with E-state index >= 15 is 0 Å². The van der Waals surface area contributed by atoms with Crippen LogP contribution in [0.25, 0.3) is 0 Å². The van der Waals surface area contributed by atoms with E-state index in [4.69, 9.17) is 5.26 Å². The van der Waals surface area contributed by atoms with Crippen LogP contribution in [0.5, 0.6) is 0 Å². The maximum atomic E-state index is 12.0. The third kappa shape index (κ3) is 4.33. The van der Waals surface area contributed by atoms with Gasteiger partial charge in [0, 0.05) is 6.54 Å². The molecule has 1 aromatic rings. The average molecular weight is 284 g/mol. The van der Waals surface area contributed by atoms with Crippen molar-refractivity contribution in [3.05, 3.63) is 29.8 Å². The third-order valence-corrected chi connectivity index (χ3v) is 4.76. The van der Waals surface area contributed by atoms with E-state index in [2.05, 4.69) is 11.6 Å². The summed E-state index contributed by atoms with van der Waals surface area (Å²) in [6, 6.07) is 8.10. The number of thioether (sulfide) groups is 1. The lowest BCUT2D eigenvalue weighted by Crippen LogP contribution is -2.25. The molecule has 0 saturated heterocycles. The Bertz CT molecular complexity index is 521. The van der Waals surface area contributed by atoms with Gasteiger partial charge in [-0.05, 0) is 30.1 Å². The van der Waals surface area contributed by atoms with Crippen molar-refractivity contribution < 1.29 is 8.42 Å². The second-order valence-corrected chi connectivity index (χ2v) is 6.69. The maximum Gasteiger partial charge on any atom is 0.241 e. The summed E-state index contributed by atoms with van der Waals surface area (Å²) in [6.07, 6.45) is 0.784. The largest absolute Gasteiger partial charge is 0.241 e. The van der Waals surface area contributed by atoms with Gasteiger partial charge in [0.05, 0.1) is 10.5 Å². The standard InChI is InChI=1S/C12H16N2O2S2/c1-2-17-9-5-8-14-18(15,16)12-7-4-3-6-11(12)10-13/h3-4,6-7,14H,2,5,8-9H2,1H3. The molecule has 0 atom stereocenters. The molecule has 6 heteroatoms. The number of hydrogen-bond donors (Lipinski definition) is 1. The Morgan fingerprint density at radius 1 is 1.39 bits per heavy atom. The summed E-state index contributed by atoms with van der Waals surface area (Å²) in [4.78, 5) is 0.0515. The minimum absolute atomic E-state index is 0.0515. The number of nitriles is 1. The van der Waals surface area contributed by atoms with Crippen LogP contribution in [0, 0.1) is 11.3 Å². The summed E-state index contributed by atoms with van der Waals surface area (Å²) in [5.41, 5.74) is 0.174. The van der Waals surface area contributed by atoms with Gasteiger partial charge in [0.15, 0.2) is 0 Å². The molecule has 1 rings (SSSR count). The van der Waals surface area contributed by atoms with Crippen LogP contribution in [0.1, 0.15) is 18.9 Å². The molecule has 0 bridgehead atoms. The molecule has 1 N–H and O–H groups in total. The highest BCUT2D eigenvalue weighted by Crippen LogP contribution is 2.14. The number of nitrogens with one attached hydrogen (secondary N) is 1. The summed E-state index contributed by atoms with van der Waals surface area (Å²) < 4.78 is 26.5. The zero-order chi connectivity index (χ0) is 13.4. The van der Waals surface area contributed by atoms with E-state index in [0.29, 0.717) is 6.54 Å². The van der Waals surface area contributed by atoms with E-state index in [-0.39, 0.29) is 10.5 Å². The summed E-state index contributed by atoms with van der Waals surface area (Å²) in [5, 5.41) is 8.88. The van der Waals surface area contributed by atoms with E-state index in [1.807, 2.05) is 6.07 Å². The summed E-state index contributed by atoms with van der Waals surface area (Å²) >= 11 is 1.77. The molecule has 0 amide bonds. The highest BCUT2D eigenvalue weighted by molar-refractivity contribution is 7.99. The highest BCUT2D eigenvalue weighted by Gasteiger charge is 2.16. The molecule has 0 aliphatic heterocycles. The van der Waals surface area contributed by atoms with Crippen molar-refractivity contribution in [1.29, 1.82) is 5.26 Å². The fourth-order valence-electron chi connectivity index (χ4n) is 1.40. The molecule has 0 aliphatic rings. The van der Waals surface area contributed by atoms with E-state index in [0.717, 1.165) is 17.9 Å². The first kappa shape index (κ1) is 15.0. The quantitative estimate of drug-likeness (QED) is 0.777. The van der Waals surface area contributed by atoms with Gasteiger partial charge in [0.1, 0.15) is 6.07 Å². The summed E-state index contributed by atoms with van der Waals surface area (Å²) in [6.45, 7) is 2.47. The predicted molar refractivity (Wildman–Crippen MR) is 74.0 cm³/mol. The van der Waals surface area contributed by atoms with Gasteiger partial charge in [-0.25, -0.2) is 13.1 Å². The molecule has 0 aromatic heterocycles. The molecule has 1 aromatic carbocycles. The van der Waals surface area contributed by atoms with Gasteiger partial charge in [-0.2, -0.15) is 17.0 Å². The first-order valence-corrected chi connectivity index (χ1v) is 8.32. The molecule has 0 spiro atoms. The van der Waals surface area contributed by atoms with Gasteiger partial charge in [-0.1, -0.05) is 19.1 Å². The summed E-state index contributed by atoms with van der Waals surface area (Å²) in [7, 11) is -3.57. The zero-order valence-electron chi connectivity index (χ0n) is 10.2. The second-order valence-electron chi connectivity index (χ2n) is 3.56. The van der Waals surface area contributed by atoms with Crippen LogP contribution in [0.4, 0.5) is 0 Å². The van der Waals surface area contributed by atoms with Crippen LogP contribution in [-0.2, 0) is 10.0 Å². The molecule has 0 heterocycles. The first-order valence-electron chi connectivity index (χ1n) is 5.68. The Morgan fingerprint density at radius 3 is 2.78 bits per heavy atom. The fourth-order valence-corrected chi connectivity index (χ4v) is 3.26. The van der Waals surface area contributed by atoms with E-state index < -0.39 is 10.0 Å². The lowest BCUT2D eigenvalue weighted by molar-refractivity contribution is 0.581. The van der Waals surface area contributed by atoms with Crippen molar-refractivity contribution in [2.75, 3.05) is 18.1 Å². The number of benzene rings is 1. The lowest BCUT2D eigenvalue weighted by Gasteiger charge is -2.07. The maximum absolute atomic E-state index is 12.0. The zero-order valence-corrected chi connectivity index (χ0v) is 11.9. The highest BCUT2D eigenvalue weighted by atomic mass is 32.2. The Kier molecular flexibility index (Phi) is 6.19. The SMILES string of the molecule is CCSCCCNS(=O)(=O)c1ccccc1C#N.